The number of nitrogens with zero attached hydrogens (tertiary/aromatic N) is 5. The lowest BCUT2D eigenvalue weighted by Gasteiger charge is -2.19. The Hall–Kier alpha value is -4.82. The molecular formula is C28H23ClFN7O3. The molecule has 0 aliphatic carbocycles. The van der Waals surface area contributed by atoms with Gasteiger partial charge in [0.2, 0.25) is 0 Å². The minimum absolute atomic E-state index is 0.0167. The summed E-state index contributed by atoms with van der Waals surface area (Å²) < 4.78 is 22.4. The number of carbonyl (C=O) groups is 1. The normalized spacial score (nSPS) is 11.5. The van der Waals surface area contributed by atoms with Crippen molar-refractivity contribution >= 4 is 39.4 Å². The minimum atomic E-state index is -0.684. The molecule has 0 saturated heterocycles. The average Bonchev–Trinajstić information content (AvgIpc) is 3.27. The number of H-pyrrole nitrogens is 1. The lowest BCUT2D eigenvalue weighted by atomic mass is 9.94. The van der Waals surface area contributed by atoms with Crippen LogP contribution in [0.2, 0.25) is 5.02 Å². The molecule has 0 radical (unpaired) electrons. The molecule has 12 heteroatoms. The van der Waals surface area contributed by atoms with Gasteiger partial charge in [-0.3, -0.25) is 14.5 Å². The van der Waals surface area contributed by atoms with E-state index in [9.17, 15) is 14.9 Å². The van der Waals surface area contributed by atoms with Gasteiger partial charge in [-0.1, -0.05) is 17.7 Å². The number of benzene rings is 2. The van der Waals surface area contributed by atoms with E-state index in [1.807, 2.05) is 0 Å². The summed E-state index contributed by atoms with van der Waals surface area (Å²) in [5, 5.41) is 25.2. The first-order chi connectivity index (χ1) is 19.0. The third-order valence-corrected chi connectivity index (χ3v) is 6.38. The van der Waals surface area contributed by atoms with Gasteiger partial charge < -0.3 is 10.1 Å². The van der Waals surface area contributed by atoms with Gasteiger partial charge in [-0.15, -0.1) is 0 Å². The Labute approximate surface area is 232 Å². The van der Waals surface area contributed by atoms with E-state index in [2.05, 4.69) is 31.7 Å². The fourth-order valence-electron chi connectivity index (χ4n) is 4.50. The molecule has 0 saturated carbocycles. The molecule has 40 heavy (non-hydrogen) atoms. The van der Waals surface area contributed by atoms with Gasteiger partial charge >= 0.3 is 6.09 Å². The van der Waals surface area contributed by atoms with Gasteiger partial charge in [0.05, 0.1) is 51.2 Å². The molecule has 3 aromatic heterocycles. The monoisotopic (exact) mass is 559 g/mol. The van der Waals surface area contributed by atoms with E-state index in [-0.39, 0.29) is 17.7 Å². The number of hydrogen-bond acceptors (Lipinski definition) is 7. The molecule has 0 aliphatic rings. The zero-order valence-electron chi connectivity index (χ0n) is 22.0. The third-order valence-electron chi connectivity index (χ3n) is 6.17. The Bertz CT molecular complexity index is 1920. The van der Waals surface area contributed by atoms with Gasteiger partial charge in [-0.2, -0.15) is 15.5 Å². The number of carbonyl (C=O) groups excluding carboxylic acids is 1. The fourth-order valence-corrected chi connectivity index (χ4v) is 4.65. The Morgan fingerprint density at radius 2 is 1.98 bits per heavy atom. The predicted octanol–water partition coefficient (Wildman–Crippen LogP) is 5.23. The largest absolute Gasteiger partial charge is 0.444 e. The lowest BCUT2D eigenvalue weighted by Crippen LogP contribution is -2.32. The summed E-state index contributed by atoms with van der Waals surface area (Å²) in [7, 11) is 1.64. The van der Waals surface area contributed by atoms with Crippen molar-refractivity contribution in [3.63, 3.8) is 0 Å². The predicted molar refractivity (Wildman–Crippen MR) is 148 cm³/mol. The maximum absolute atomic E-state index is 15.6. The highest BCUT2D eigenvalue weighted by molar-refractivity contribution is 6.31. The summed E-state index contributed by atoms with van der Waals surface area (Å²) in [5.41, 5.74) is 1.16. The Morgan fingerprint density at radius 1 is 1.20 bits per heavy atom. The summed E-state index contributed by atoms with van der Waals surface area (Å²) in [5.74, 6) is -0.648. The van der Waals surface area contributed by atoms with E-state index in [4.69, 9.17) is 16.3 Å². The molecule has 0 bridgehead atoms. The van der Waals surface area contributed by atoms with Crippen LogP contribution in [-0.4, -0.2) is 36.7 Å². The van der Waals surface area contributed by atoms with Crippen LogP contribution in [-0.2, 0) is 18.3 Å². The van der Waals surface area contributed by atoms with Crippen LogP contribution >= 0.6 is 11.6 Å². The van der Waals surface area contributed by atoms with Gasteiger partial charge in [-0.05, 0) is 44.5 Å². The van der Waals surface area contributed by atoms with E-state index in [1.165, 1.54) is 16.9 Å². The van der Waals surface area contributed by atoms with Crippen molar-refractivity contribution in [2.75, 3.05) is 0 Å². The Balaban J connectivity index is 1.65. The second-order valence-corrected chi connectivity index (χ2v) is 10.5. The minimum Gasteiger partial charge on any atom is -0.444 e. The maximum Gasteiger partial charge on any atom is 0.407 e. The van der Waals surface area contributed by atoms with Crippen LogP contribution in [0.15, 0.2) is 47.5 Å². The first-order valence-corrected chi connectivity index (χ1v) is 12.5. The highest BCUT2D eigenvalue weighted by atomic mass is 35.5. The summed E-state index contributed by atoms with van der Waals surface area (Å²) in [4.78, 5) is 28.9. The first kappa shape index (κ1) is 26.8. The number of hydrogen-bond donors (Lipinski definition) is 2. The van der Waals surface area contributed by atoms with E-state index < -0.39 is 23.1 Å². The molecule has 2 N–H and O–H groups in total. The topological polar surface area (TPSA) is 139 Å². The molecule has 0 atom stereocenters. The zero-order valence-corrected chi connectivity index (χ0v) is 22.7. The van der Waals surface area contributed by atoms with Crippen molar-refractivity contribution in [1.82, 2.24) is 30.3 Å². The van der Waals surface area contributed by atoms with E-state index >= 15 is 4.39 Å². The number of nitriles is 1. The molecule has 0 fully saturated rings. The highest BCUT2D eigenvalue weighted by Crippen LogP contribution is 2.39. The smallest absolute Gasteiger partial charge is 0.407 e. The van der Waals surface area contributed by atoms with Crippen LogP contribution in [0, 0.1) is 17.1 Å². The van der Waals surface area contributed by atoms with Crippen LogP contribution in [0.5, 0.6) is 0 Å². The maximum atomic E-state index is 15.6. The highest BCUT2D eigenvalue weighted by Gasteiger charge is 2.24. The molecule has 0 spiro atoms. The van der Waals surface area contributed by atoms with Crippen molar-refractivity contribution in [3.05, 3.63) is 75.2 Å². The number of amides is 1. The van der Waals surface area contributed by atoms with Crippen LogP contribution in [0.1, 0.15) is 32.0 Å². The third kappa shape index (κ3) is 4.97. The molecule has 0 unspecified atom stereocenters. The molecular weight excluding hydrogens is 537 g/mol. The number of nitrogens with one attached hydrogen (secondary N) is 2. The quantitative estimate of drug-likeness (QED) is 0.307. The van der Waals surface area contributed by atoms with E-state index in [0.29, 0.717) is 49.2 Å². The number of halogens is 2. The summed E-state index contributed by atoms with van der Waals surface area (Å²) in [6, 6.07) is 9.96. The average molecular weight is 560 g/mol. The summed E-state index contributed by atoms with van der Waals surface area (Å²) in [6.45, 7) is 5.23. The first-order valence-electron chi connectivity index (χ1n) is 12.2. The molecule has 1 amide bonds. The summed E-state index contributed by atoms with van der Waals surface area (Å²) in [6.07, 6.45) is 2.31. The molecule has 5 rings (SSSR count). The van der Waals surface area contributed by atoms with Gasteiger partial charge in [0.1, 0.15) is 17.5 Å². The zero-order chi connectivity index (χ0) is 28.8. The number of ether oxygens (including phenoxy) is 1. The van der Waals surface area contributed by atoms with Crippen LogP contribution in [0.3, 0.4) is 0 Å². The standard InChI is InChI=1S/C28H23ClFN7O3/c1-28(2,3)40-27(39)33-13-23-17-7-14(5-6-16(17)26(38)36-35-23)20-12-34-37(4)25(20)24-19(10-31)18-8-15(29)11-32-22(18)9-21(24)30/h5-9,11-12H,13H2,1-4H3,(H,33,39)(H,36,38). The Kier molecular flexibility index (Phi) is 6.73. The SMILES string of the molecule is Cn1ncc(-c2ccc3c(=O)[nH]nc(CNC(=O)OC(C)(C)C)c3c2)c1-c1c(F)cc2ncc(Cl)cc2c1C#N. The number of rotatable bonds is 4. The number of pyridine rings is 1. The van der Waals surface area contributed by atoms with E-state index in [1.54, 1.807) is 58.3 Å². The van der Waals surface area contributed by atoms with Crippen molar-refractivity contribution in [2.45, 2.75) is 32.9 Å². The number of fused-ring (bicyclic) bond motifs is 2. The summed E-state index contributed by atoms with van der Waals surface area (Å²) >= 11 is 6.13. The number of aromatic nitrogens is 5. The van der Waals surface area contributed by atoms with Gasteiger partial charge in [0, 0.05) is 35.6 Å². The number of aromatic amines is 1. The van der Waals surface area contributed by atoms with Gasteiger partial charge in [-0.25, -0.2) is 14.3 Å². The molecule has 0 aliphatic heterocycles. The van der Waals surface area contributed by atoms with Crippen molar-refractivity contribution in [2.24, 2.45) is 7.05 Å². The molecule has 3 heterocycles. The van der Waals surface area contributed by atoms with Crippen LogP contribution in [0.4, 0.5) is 9.18 Å². The fraction of sp³-hybridized carbons (Fsp3) is 0.214. The Morgan fingerprint density at radius 3 is 2.70 bits per heavy atom. The number of aryl methyl sites for hydroxylation is 1. The van der Waals surface area contributed by atoms with Crippen molar-refractivity contribution < 1.29 is 13.9 Å². The van der Waals surface area contributed by atoms with Gasteiger partial charge in [0.25, 0.3) is 5.56 Å². The van der Waals surface area contributed by atoms with Crippen LogP contribution < -0.4 is 10.9 Å². The molecule has 202 valence electrons. The van der Waals surface area contributed by atoms with Crippen molar-refractivity contribution in [1.29, 1.82) is 5.26 Å². The molecule has 10 nitrogen and oxygen atoms in total. The molecule has 5 aromatic rings. The lowest BCUT2D eigenvalue weighted by molar-refractivity contribution is 0.0523. The van der Waals surface area contributed by atoms with Gasteiger partial charge in [0.15, 0.2) is 0 Å². The number of alkyl carbamates (subject to hydrolysis) is 1. The molecule has 2 aromatic carbocycles. The second kappa shape index (κ2) is 10.1. The second-order valence-electron chi connectivity index (χ2n) is 10.1. The van der Waals surface area contributed by atoms with Crippen molar-refractivity contribution in [3.8, 4) is 28.5 Å². The van der Waals surface area contributed by atoms with Crippen LogP contribution in [0.25, 0.3) is 44.1 Å². The van der Waals surface area contributed by atoms with E-state index in [0.717, 1.165) is 0 Å².